The zero-order valence-corrected chi connectivity index (χ0v) is 21.9. The predicted molar refractivity (Wildman–Crippen MR) is 138 cm³/mol. The molecule has 0 spiro atoms. The van der Waals surface area contributed by atoms with Gasteiger partial charge >= 0.3 is 0 Å². The van der Waals surface area contributed by atoms with E-state index in [1.54, 1.807) is 17.4 Å². The molecule has 2 aromatic heterocycles. The molecule has 2 fully saturated rings. The van der Waals surface area contributed by atoms with Crippen molar-refractivity contribution in [2.24, 2.45) is 21.8 Å². The fourth-order valence-corrected chi connectivity index (χ4v) is 8.07. The van der Waals surface area contributed by atoms with Crippen molar-refractivity contribution in [3.8, 4) is 10.6 Å². The number of thiophene rings is 1. The van der Waals surface area contributed by atoms with Gasteiger partial charge in [0, 0.05) is 21.0 Å². The number of aromatic nitrogens is 1. The molecule has 2 saturated carbocycles. The molecule has 178 valence electrons. The number of nitrogens with one attached hydrogen (secondary N) is 1. The largest absolute Gasteiger partial charge is 0.286 e. The topological polar surface area (TPSA) is 109 Å². The summed E-state index contributed by atoms with van der Waals surface area (Å²) in [5, 5.41) is 7.11. The molecule has 2 heterocycles. The first kappa shape index (κ1) is 23.6. The second-order valence-corrected chi connectivity index (χ2v) is 13.0. The molecule has 1 aromatic carbocycles. The number of benzene rings is 1. The van der Waals surface area contributed by atoms with Crippen molar-refractivity contribution in [1.29, 1.82) is 0 Å². The van der Waals surface area contributed by atoms with Crippen LogP contribution in [0.2, 0.25) is 0 Å². The summed E-state index contributed by atoms with van der Waals surface area (Å²) >= 11 is 5.01. The first-order chi connectivity index (χ1) is 16.0. The fourth-order valence-electron chi connectivity index (χ4n) is 5.72. The Morgan fingerprint density at radius 2 is 2.12 bits per heavy atom. The third-order valence-corrected chi connectivity index (χ3v) is 9.92. The quantitative estimate of drug-likeness (QED) is 0.314. The molecule has 1 amide bonds. The third kappa shape index (κ3) is 3.90. The van der Waals surface area contributed by atoms with Crippen molar-refractivity contribution in [3.63, 3.8) is 0 Å². The van der Waals surface area contributed by atoms with Crippen LogP contribution in [0.15, 0.2) is 51.4 Å². The Bertz CT molecular complexity index is 1430. The molecule has 2 bridgehead atoms. The van der Waals surface area contributed by atoms with Crippen molar-refractivity contribution in [1.82, 2.24) is 10.4 Å². The fraction of sp³-hybridized carbons (Fsp3) is 0.375. The lowest BCUT2D eigenvalue weighted by atomic mass is 9.70. The van der Waals surface area contributed by atoms with Crippen LogP contribution >= 0.6 is 27.3 Å². The summed E-state index contributed by atoms with van der Waals surface area (Å²) in [7, 11) is -4.22. The Morgan fingerprint density at radius 1 is 1.32 bits per heavy atom. The van der Waals surface area contributed by atoms with E-state index >= 15 is 0 Å². The standard InChI is InChI=1S/C24H24BrN3O4S2/c1-23(2)14-7-8-24(23,13-34(30,31)32)21(10-14)27-28-22(29)17-12-19(20-4-3-9-33-20)26-18-6-5-15(25)11-16(17)18/h3-6,9,11-12,14H,7-8,10,13H2,1-2H3,(H,28,29)(H,30,31,32)/b27-21-/t14-,24-/m1/s1. The van der Waals surface area contributed by atoms with Gasteiger partial charge in [0.05, 0.1) is 27.4 Å². The zero-order chi connectivity index (χ0) is 24.3. The molecule has 2 aliphatic carbocycles. The molecule has 0 aliphatic heterocycles. The van der Waals surface area contributed by atoms with Gasteiger partial charge in [-0.3, -0.25) is 9.35 Å². The SMILES string of the molecule is CC1(C)[C@@H]2CC[C@@]1(CS(=O)(=O)O)/C(=N\NC(=O)c1cc(-c3cccs3)nc3ccc(Br)cc13)C2. The van der Waals surface area contributed by atoms with Crippen molar-refractivity contribution >= 4 is 59.9 Å². The number of hydrogen-bond donors (Lipinski definition) is 2. The third-order valence-electron chi connectivity index (χ3n) is 7.68. The summed E-state index contributed by atoms with van der Waals surface area (Å²) in [6.07, 6.45) is 2.10. The van der Waals surface area contributed by atoms with Gasteiger partial charge in [0.1, 0.15) is 0 Å². The molecule has 2 atom stereocenters. The van der Waals surface area contributed by atoms with E-state index in [1.807, 2.05) is 49.6 Å². The van der Waals surface area contributed by atoms with Crippen LogP contribution in [0.3, 0.4) is 0 Å². The first-order valence-electron chi connectivity index (χ1n) is 11.0. The number of rotatable bonds is 5. The number of halogens is 1. The molecular formula is C24H24BrN3O4S2. The Hall–Kier alpha value is -2.14. The van der Waals surface area contributed by atoms with E-state index in [2.05, 4.69) is 26.5 Å². The van der Waals surface area contributed by atoms with Crippen LogP contribution in [0.25, 0.3) is 21.5 Å². The number of nitrogens with zero attached hydrogens (tertiary/aromatic N) is 2. The number of amides is 1. The molecule has 3 aromatic rings. The minimum absolute atomic E-state index is 0.257. The van der Waals surface area contributed by atoms with E-state index in [0.29, 0.717) is 40.7 Å². The molecule has 34 heavy (non-hydrogen) atoms. The molecule has 0 unspecified atom stereocenters. The lowest BCUT2D eigenvalue weighted by molar-refractivity contribution is 0.0955. The number of carbonyl (C=O) groups excluding carboxylic acids is 1. The predicted octanol–water partition coefficient (Wildman–Crippen LogP) is 5.53. The molecule has 2 aliphatic rings. The lowest BCUT2D eigenvalue weighted by Gasteiger charge is -2.37. The highest BCUT2D eigenvalue weighted by Gasteiger charge is 2.64. The van der Waals surface area contributed by atoms with Gasteiger partial charge in [-0.25, -0.2) is 10.4 Å². The van der Waals surface area contributed by atoms with Crippen LogP contribution in [0.5, 0.6) is 0 Å². The van der Waals surface area contributed by atoms with Crippen LogP contribution in [-0.4, -0.2) is 35.3 Å². The Kier molecular flexibility index (Phi) is 5.70. The van der Waals surface area contributed by atoms with Gasteiger partial charge in [0.25, 0.3) is 16.0 Å². The number of pyridine rings is 1. The molecule has 2 N–H and O–H groups in total. The summed E-state index contributed by atoms with van der Waals surface area (Å²) in [5.74, 6) is -0.516. The smallest absolute Gasteiger partial charge is 0.272 e. The number of fused-ring (bicyclic) bond motifs is 3. The van der Waals surface area contributed by atoms with Crippen molar-refractivity contribution < 1.29 is 17.8 Å². The molecule has 0 saturated heterocycles. The normalized spacial score (nSPS) is 24.7. The van der Waals surface area contributed by atoms with Gasteiger partial charge < -0.3 is 0 Å². The Labute approximate surface area is 210 Å². The monoisotopic (exact) mass is 561 g/mol. The van der Waals surface area contributed by atoms with E-state index in [4.69, 9.17) is 4.98 Å². The van der Waals surface area contributed by atoms with E-state index in [9.17, 15) is 17.8 Å². The highest BCUT2D eigenvalue weighted by Crippen LogP contribution is 2.64. The number of hydrazone groups is 1. The summed E-state index contributed by atoms with van der Waals surface area (Å²) in [6.45, 7) is 4.06. The van der Waals surface area contributed by atoms with Crippen LogP contribution in [0.4, 0.5) is 0 Å². The second-order valence-electron chi connectivity index (χ2n) is 9.66. The molecular weight excluding hydrogens is 538 g/mol. The van der Waals surface area contributed by atoms with E-state index in [0.717, 1.165) is 15.8 Å². The van der Waals surface area contributed by atoms with Gasteiger partial charge in [-0.1, -0.05) is 35.8 Å². The average Bonchev–Trinajstić information content (AvgIpc) is 3.42. The van der Waals surface area contributed by atoms with Gasteiger partial charge in [0.2, 0.25) is 0 Å². The molecule has 7 nitrogen and oxygen atoms in total. The zero-order valence-electron chi connectivity index (χ0n) is 18.7. The maximum absolute atomic E-state index is 13.4. The highest BCUT2D eigenvalue weighted by molar-refractivity contribution is 9.10. The average molecular weight is 563 g/mol. The van der Waals surface area contributed by atoms with E-state index in [-0.39, 0.29) is 17.1 Å². The van der Waals surface area contributed by atoms with Gasteiger partial charge in [-0.15, -0.1) is 11.3 Å². The van der Waals surface area contributed by atoms with Gasteiger partial charge in [-0.05, 0) is 66.3 Å². The van der Waals surface area contributed by atoms with Crippen molar-refractivity contribution in [2.45, 2.75) is 33.1 Å². The minimum Gasteiger partial charge on any atom is -0.286 e. The number of carbonyl (C=O) groups is 1. The van der Waals surface area contributed by atoms with Crippen molar-refractivity contribution in [3.05, 3.63) is 51.8 Å². The summed E-state index contributed by atoms with van der Waals surface area (Å²) in [4.78, 5) is 19.1. The summed E-state index contributed by atoms with van der Waals surface area (Å²) in [5.41, 5.74) is 4.03. The van der Waals surface area contributed by atoms with Crippen molar-refractivity contribution in [2.75, 3.05) is 5.75 Å². The highest BCUT2D eigenvalue weighted by atomic mass is 79.9. The van der Waals surface area contributed by atoms with Crippen LogP contribution in [0, 0.1) is 16.7 Å². The summed E-state index contributed by atoms with van der Waals surface area (Å²) < 4.78 is 34.3. The molecule has 5 rings (SSSR count). The van der Waals surface area contributed by atoms with E-state index in [1.165, 1.54) is 0 Å². The second kappa shape index (κ2) is 8.22. The maximum atomic E-state index is 13.4. The number of hydrogen-bond acceptors (Lipinski definition) is 6. The minimum atomic E-state index is -4.22. The van der Waals surface area contributed by atoms with E-state index < -0.39 is 21.4 Å². The molecule has 0 radical (unpaired) electrons. The summed E-state index contributed by atoms with van der Waals surface area (Å²) in [6, 6.07) is 11.2. The van der Waals surface area contributed by atoms with Gasteiger partial charge in [0.15, 0.2) is 0 Å². The first-order valence-corrected chi connectivity index (χ1v) is 14.3. The Morgan fingerprint density at radius 3 is 2.79 bits per heavy atom. The lowest BCUT2D eigenvalue weighted by Crippen LogP contribution is -2.43. The van der Waals surface area contributed by atoms with Crippen LogP contribution in [-0.2, 0) is 10.1 Å². The van der Waals surface area contributed by atoms with Crippen LogP contribution in [0.1, 0.15) is 43.5 Å². The van der Waals surface area contributed by atoms with Crippen LogP contribution < -0.4 is 5.43 Å². The molecule has 10 heteroatoms. The maximum Gasteiger partial charge on any atom is 0.272 e. The Balaban J connectivity index is 1.54. The van der Waals surface area contributed by atoms with Gasteiger partial charge in [-0.2, -0.15) is 13.5 Å².